The van der Waals surface area contributed by atoms with E-state index in [1.54, 1.807) is 27.7 Å². The average molecular weight is 953 g/mol. The third-order valence-corrected chi connectivity index (χ3v) is 9.32. The zero-order chi connectivity index (χ0) is 48.0. The number of hydrogen-bond donors (Lipinski definition) is 6. The van der Waals surface area contributed by atoms with Gasteiger partial charge in [-0.2, -0.15) is 65.4 Å². The van der Waals surface area contributed by atoms with E-state index in [-0.39, 0.29) is 11.6 Å². The molecule has 8 aromatic rings. The molecule has 0 bridgehead atoms. The van der Waals surface area contributed by atoms with Gasteiger partial charge in [-0.15, -0.1) is 20.4 Å². The molecule has 12 N–H and O–H groups in total. The fraction of sp³-hybridized carbons (Fsp3) is 0.312. The summed E-state index contributed by atoms with van der Waals surface area (Å²) in [6.45, 7) is 11.4. The summed E-state index contributed by atoms with van der Waals surface area (Å²) in [5.41, 5.74) is 39.6. The van der Waals surface area contributed by atoms with Gasteiger partial charge in [0.2, 0.25) is 10.3 Å². The van der Waals surface area contributed by atoms with Gasteiger partial charge in [-0.05, 0) is 54.1 Å². The predicted molar refractivity (Wildman–Crippen MR) is 236 cm³/mol. The normalized spacial score (nSPS) is 10.1. The number of rotatable bonds is 4. The van der Waals surface area contributed by atoms with Crippen molar-refractivity contribution in [2.24, 2.45) is 11.5 Å². The summed E-state index contributed by atoms with van der Waals surface area (Å²) < 4.78 is 39.0. The van der Waals surface area contributed by atoms with Crippen molar-refractivity contribution in [2.45, 2.75) is 64.9 Å². The number of aryl methyl sites for hydroxylation is 6. The van der Waals surface area contributed by atoms with E-state index in [4.69, 9.17) is 61.8 Å². The number of hydrogen-bond acceptors (Lipinski definition) is 26. The van der Waals surface area contributed by atoms with E-state index in [0.717, 1.165) is 22.5 Å². The molecule has 64 heavy (non-hydrogen) atoms. The van der Waals surface area contributed by atoms with Crippen LogP contribution in [0.4, 0.5) is 23.3 Å². The monoisotopic (exact) mass is 952 g/mol. The van der Waals surface area contributed by atoms with Crippen molar-refractivity contribution in [3.63, 3.8) is 0 Å². The van der Waals surface area contributed by atoms with Crippen LogP contribution in [0, 0.1) is 64.2 Å². The Morgan fingerprint density at radius 2 is 0.750 bits per heavy atom. The van der Waals surface area contributed by atoms with Crippen molar-refractivity contribution in [1.82, 2.24) is 78.3 Å². The average Bonchev–Trinajstić information content (AvgIpc) is 4.04. The summed E-state index contributed by atoms with van der Waals surface area (Å²) in [6.07, 6.45) is 3.77. The van der Waals surface area contributed by atoms with Crippen LogP contribution in [0.25, 0.3) is 23.1 Å². The van der Waals surface area contributed by atoms with Crippen LogP contribution >= 0.6 is 23.5 Å². The Bertz CT molecular complexity index is 3110. The van der Waals surface area contributed by atoms with Crippen molar-refractivity contribution in [1.29, 1.82) is 10.5 Å². The minimum Gasteiger partial charge on any atom is -0.383 e. The maximum Gasteiger partial charge on any atom is 0.335 e. The van der Waals surface area contributed by atoms with Gasteiger partial charge >= 0.3 is 23.1 Å². The molecule has 8 rings (SSSR count). The number of nitrogens with zero attached hydrogens (tertiary/aromatic N) is 18. The topological polar surface area (TPSA) is 444 Å². The lowest BCUT2D eigenvalue weighted by molar-refractivity contribution is 0.628. The van der Waals surface area contributed by atoms with Crippen molar-refractivity contribution in [3.8, 4) is 12.1 Å². The fourth-order valence-corrected chi connectivity index (χ4v) is 6.00. The minimum absolute atomic E-state index is 0.285. The van der Waals surface area contributed by atoms with Gasteiger partial charge in [0.1, 0.15) is 58.2 Å². The number of anilines is 4. The molecule has 32 heteroatoms. The predicted octanol–water partition coefficient (Wildman–Crippen LogP) is -0.559. The molecule has 0 aliphatic heterocycles. The third kappa shape index (κ3) is 11.6. The van der Waals surface area contributed by atoms with Crippen LogP contribution in [-0.2, 0) is 36.2 Å². The molecule has 0 fully saturated rings. The molecule has 8 aromatic heterocycles. The molecule has 28 nitrogen and oxygen atoms in total. The standard InChI is InChI=1S/C8H12N6S.C8H8N6S.C8H12N6.C8H8N6.2O2S/c2*1-4-5(3-9)6(10)14-7(11-4)12-8(13-14)15-2;2*1-4-6(3-9)7(10)14-8(11-4)12-5(2)13-14;2*1-3-2/h3,9-10H2,1-2H3;10H2,1-2H3;3,9-10H2,1-2H3;10H2,1-2H3;;. The summed E-state index contributed by atoms with van der Waals surface area (Å²) in [7, 11) is 0. The maximum absolute atomic E-state index is 8.89. The Labute approximate surface area is 377 Å². The van der Waals surface area contributed by atoms with Crippen LogP contribution in [0.5, 0.6) is 0 Å². The lowest BCUT2D eigenvalue weighted by Crippen LogP contribution is -2.11. The van der Waals surface area contributed by atoms with Gasteiger partial charge in [0.25, 0.3) is 23.1 Å². The molecule has 0 aliphatic carbocycles. The second-order valence-electron chi connectivity index (χ2n) is 12.2. The molecule has 0 saturated carbocycles. The largest absolute Gasteiger partial charge is 0.383 e. The van der Waals surface area contributed by atoms with Gasteiger partial charge < -0.3 is 34.4 Å². The molecule has 0 amide bonds. The Morgan fingerprint density at radius 3 is 1.06 bits per heavy atom. The first-order valence-corrected chi connectivity index (χ1v) is 21.4. The molecule has 0 spiro atoms. The molecular formula is C32H40N24O4S4. The smallest absolute Gasteiger partial charge is 0.335 e. The lowest BCUT2D eigenvalue weighted by atomic mass is 10.2. The molecule has 0 radical (unpaired) electrons. The Hall–Kier alpha value is -7.36. The molecule has 8 heterocycles. The Balaban J connectivity index is 0.000000218. The Kier molecular flexibility index (Phi) is 18.5. The number of thioether (sulfide) groups is 2. The minimum atomic E-state index is -0.750. The third-order valence-electron chi connectivity index (χ3n) is 8.24. The molecule has 0 atom stereocenters. The first-order valence-electron chi connectivity index (χ1n) is 17.6. The Morgan fingerprint density at radius 1 is 0.469 bits per heavy atom. The quantitative estimate of drug-likeness (QED) is 0.120. The van der Waals surface area contributed by atoms with Gasteiger partial charge in [0, 0.05) is 35.6 Å². The van der Waals surface area contributed by atoms with Crippen molar-refractivity contribution < 1.29 is 16.8 Å². The first kappa shape index (κ1) is 51.0. The summed E-state index contributed by atoms with van der Waals surface area (Å²) in [5.74, 6) is 4.74. The molecule has 336 valence electrons. The summed E-state index contributed by atoms with van der Waals surface area (Å²) in [4.78, 5) is 33.4. The molecule has 0 unspecified atom stereocenters. The van der Waals surface area contributed by atoms with Gasteiger partial charge in [-0.1, -0.05) is 23.5 Å². The van der Waals surface area contributed by atoms with E-state index in [1.807, 2.05) is 38.5 Å². The zero-order valence-electron chi connectivity index (χ0n) is 35.2. The van der Waals surface area contributed by atoms with Crippen LogP contribution < -0.4 is 34.4 Å². The van der Waals surface area contributed by atoms with Crippen molar-refractivity contribution in [3.05, 3.63) is 56.7 Å². The highest BCUT2D eigenvalue weighted by molar-refractivity contribution is 7.98. The number of aromatic nitrogens is 16. The van der Waals surface area contributed by atoms with Gasteiger partial charge in [-0.25, -0.2) is 19.9 Å². The van der Waals surface area contributed by atoms with Crippen molar-refractivity contribution in [2.75, 3.05) is 35.4 Å². The molecule has 0 aromatic carbocycles. The number of nitrogen functional groups attached to an aromatic ring is 4. The highest BCUT2D eigenvalue weighted by Gasteiger charge is 2.15. The van der Waals surface area contributed by atoms with Gasteiger partial charge in [0.15, 0.2) is 0 Å². The zero-order valence-corrected chi connectivity index (χ0v) is 38.5. The number of nitriles is 2. The van der Waals surface area contributed by atoms with Crippen LogP contribution in [0.15, 0.2) is 10.3 Å². The highest BCUT2D eigenvalue weighted by atomic mass is 32.2. The lowest BCUT2D eigenvalue weighted by Gasteiger charge is -2.06. The van der Waals surface area contributed by atoms with Crippen molar-refractivity contribution >= 4 is 93.0 Å². The van der Waals surface area contributed by atoms with Crippen LogP contribution in [0.3, 0.4) is 0 Å². The molecule has 0 saturated heterocycles. The second-order valence-corrected chi connectivity index (χ2v) is 14.0. The SMILES string of the molecule is CSc1nc2nc(C)c(C#N)c(N)n2n1.CSc1nc2nc(C)c(CN)c(N)n2n1.Cc1nc2nc(C)c(C#N)c(N)n2n1.Cc1nc2nc(C)c(CN)c(N)n2n1.O=S=O.O=S=O. The fourth-order valence-electron chi connectivity index (χ4n) is 5.32. The summed E-state index contributed by atoms with van der Waals surface area (Å²) in [5, 5.41) is 35.4. The van der Waals surface area contributed by atoms with Gasteiger partial charge in [0.05, 0.1) is 11.4 Å². The van der Waals surface area contributed by atoms with E-state index in [0.29, 0.717) is 92.3 Å². The van der Waals surface area contributed by atoms with Crippen LogP contribution in [-0.4, -0.2) is 108 Å². The highest BCUT2D eigenvalue weighted by Crippen LogP contribution is 2.20. The van der Waals surface area contributed by atoms with E-state index in [1.165, 1.54) is 41.6 Å². The van der Waals surface area contributed by atoms with Gasteiger partial charge in [-0.3, -0.25) is 0 Å². The van der Waals surface area contributed by atoms with E-state index in [2.05, 4.69) is 60.3 Å². The molecule has 0 aliphatic rings. The van der Waals surface area contributed by atoms with E-state index < -0.39 is 23.1 Å². The van der Waals surface area contributed by atoms with E-state index >= 15 is 0 Å². The number of fused-ring (bicyclic) bond motifs is 4. The van der Waals surface area contributed by atoms with E-state index in [9.17, 15) is 0 Å². The maximum atomic E-state index is 8.89. The molecular weight excluding hydrogens is 913 g/mol. The second kappa shape index (κ2) is 23.2. The summed E-state index contributed by atoms with van der Waals surface area (Å²) in [6, 6.07) is 3.99. The first-order chi connectivity index (χ1) is 30.4. The van der Waals surface area contributed by atoms with Crippen LogP contribution in [0.2, 0.25) is 0 Å². The number of nitrogens with two attached hydrogens (primary N) is 6. The van der Waals surface area contributed by atoms with Crippen LogP contribution in [0.1, 0.15) is 56.7 Å². The summed E-state index contributed by atoms with van der Waals surface area (Å²) >= 11 is 1.35.